The van der Waals surface area contributed by atoms with Crippen molar-refractivity contribution in [1.82, 2.24) is 0 Å². The minimum atomic E-state index is -0.662. The molecule has 2 nitrogen and oxygen atoms in total. The first-order chi connectivity index (χ1) is 9.85. The van der Waals surface area contributed by atoms with Gasteiger partial charge in [-0.15, -0.1) is 0 Å². The van der Waals surface area contributed by atoms with Crippen molar-refractivity contribution in [3.8, 4) is 0 Å². The van der Waals surface area contributed by atoms with Crippen LogP contribution < -0.4 is 4.90 Å². The monoisotopic (exact) mass is 297 g/mol. The summed E-state index contributed by atoms with van der Waals surface area (Å²) >= 11 is 0. The summed E-state index contributed by atoms with van der Waals surface area (Å²) in [6, 6.07) is 2.20. The number of anilines is 1. The summed E-state index contributed by atoms with van der Waals surface area (Å²) in [6.45, 7) is 9.56. The van der Waals surface area contributed by atoms with Crippen LogP contribution in [0.3, 0.4) is 0 Å². The quantitative estimate of drug-likeness (QED) is 0.650. The van der Waals surface area contributed by atoms with E-state index in [1.165, 1.54) is 0 Å². The molecule has 0 aliphatic heterocycles. The van der Waals surface area contributed by atoms with E-state index in [0.29, 0.717) is 31.2 Å². The van der Waals surface area contributed by atoms with Gasteiger partial charge in [-0.25, -0.2) is 8.78 Å². The molecule has 0 aliphatic carbocycles. The fourth-order valence-corrected chi connectivity index (χ4v) is 2.12. The Labute approximate surface area is 126 Å². The summed E-state index contributed by atoms with van der Waals surface area (Å²) in [6.07, 6.45) is 2.20. The van der Waals surface area contributed by atoms with Gasteiger partial charge in [0.05, 0.1) is 0 Å². The predicted octanol–water partition coefficient (Wildman–Crippen LogP) is 4.68. The standard InChI is InChI=1S/C17H25F2NO/c1-12(2)5-7-20(8-6-13(3)4)17-15(18)9-14(11-21)10-16(17)19/h9-13H,5-8H2,1-4H3. The molecule has 0 heterocycles. The normalized spacial score (nSPS) is 11.2. The number of carbonyl (C=O) groups is 1. The molecule has 4 heteroatoms. The first-order valence-electron chi connectivity index (χ1n) is 7.54. The van der Waals surface area contributed by atoms with Crippen molar-refractivity contribution in [2.75, 3.05) is 18.0 Å². The molecular weight excluding hydrogens is 272 g/mol. The molecule has 0 spiro atoms. The number of halogens is 2. The molecule has 1 aromatic rings. The largest absolute Gasteiger partial charge is 0.367 e. The lowest BCUT2D eigenvalue weighted by Crippen LogP contribution is -2.29. The number of nitrogens with zero attached hydrogens (tertiary/aromatic N) is 1. The van der Waals surface area contributed by atoms with Crippen LogP contribution in [0, 0.1) is 23.5 Å². The second-order valence-electron chi connectivity index (χ2n) is 6.30. The van der Waals surface area contributed by atoms with Gasteiger partial charge in [-0.3, -0.25) is 4.79 Å². The Kier molecular flexibility index (Phi) is 6.79. The molecule has 1 rings (SSSR count). The first kappa shape index (κ1) is 17.6. The lowest BCUT2D eigenvalue weighted by Gasteiger charge is -2.27. The third kappa shape index (κ3) is 5.44. The molecule has 0 atom stereocenters. The van der Waals surface area contributed by atoms with Gasteiger partial charge in [0.2, 0.25) is 0 Å². The molecule has 0 saturated heterocycles. The van der Waals surface area contributed by atoms with Gasteiger partial charge in [-0.2, -0.15) is 0 Å². The Bertz CT molecular complexity index is 437. The van der Waals surface area contributed by atoms with Crippen LogP contribution in [0.15, 0.2) is 12.1 Å². The molecule has 0 N–H and O–H groups in total. The Morgan fingerprint density at radius 2 is 1.43 bits per heavy atom. The van der Waals surface area contributed by atoms with Gasteiger partial charge in [-0.1, -0.05) is 27.7 Å². The van der Waals surface area contributed by atoms with Crippen molar-refractivity contribution < 1.29 is 13.6 Å². The summed E-state index contributed by atoms with van der Waals surface area (Å²) in [5.74, 6) is -0.395. The summed E-state index contributed by atoms with van der Waals surface area (Å²) in [4.78, 5) is 12.4. The average Bonchev–Trinajstić information content (AvgIpc) is 2.39. The first-order valence-corrected chi connectivity index (χ1v) is 7.54. The highest BCUT2D eigenvalue weighted by Gasteiger charge is 2.18. The van der Waals surface area contributed by atoms with E-state index in [4.69, 9.17) is 0 Å². The fraction of sp³-hybridized carbons (Fsp3) is 0.588. The summed E-state index contributed by atoms with van der Waals surface area (Å²) < 4.78 is 28.3. The molecule has 21 heavy (non-hydrogen) atoms. The third-order valence-corrected chi connectivity index (χ3v) is 3.44. The van der Waals surface area contributed by atoms with Crippen LogP contribution in [-0.2, 0) is 0 Å². The van der Waals surface area contributed by atoms with Crippen LogP contribution >= 0.6 is 0 Å². The van der Waals surface area contributed by atoms with Crippen molar-refractivity contribution in [2.45, 2.75) is 40.5 Å². The van der Waals surface area contributed by atoms with Crippen LogP contribution in [0.5, 0.6) is 0 Å². The molecule has 0 aromatic heterocycles. The maximum Gasteiger partial charge on any atom is 0.150 e. The number of hydrogen-bond acceptors (Lipinski definition) is 2. The smallest absolute Gasteiger partial charge is 0.150 e. The minimum Gasteiger partial charge on any atom is -0.367 e. The van der Waals surface area contributed by atoms with Gasteiger partial charge >= 0.3 is 0 Å². The van der Waals surface area contributed by atoms with Crippen molar-refractivity contribution in [3.63, 3.8) is 0 Å². The number of hydrogen-bond donors (Lipinski definition) is 0. The van der Waals surface area contributed by atoms with Crippen molar-refractivity contribution >= 4 is 12.0 Å². The van der Waals surface area contributed by atoms with Gasteiger partial charge < -0.3 is 4.90 Å². The fourth-order valence-electron chi connectivity index (χ4n) is 2.12. The van der Waals surface area contributed by atoms with Crippen molar-refractivity contribution in [1.29, 1.82) is 0 Å². The molecule has 118 valence electrons. The Morgan fingerprint density at radius 3 is 1.76 bits per heavy atom. The average molecular weight is 297 g/mol. The number of rotatable bonds is 8. The molecule has 0 bridgehead atoms. The molecule has 0 unspecified atom stereocenters. The number of carbonyl (C=O) groups excluding carboxylic acids is 1. The van der Waals surface area contributed by atoms with Crippen LogP contribution in [-0.4, -0.2) is 19.4 Å². The van der Waals surface area contributed by atoms with E-state index in [0.717, 1.165) is 25.0 Å². The Hall–Kier alpha value is -1.45. The molecule has 0 fully saturated rings. The van der Waals surface area contributed by atoms with Crippen LogP contribution in [0.1, 0.15) is 50.9 Å². The van der Waals surface area contributed by atoms with E-state index >= 15 is 0 Å². The topological polar surface area (TPSA) is 20.3 Å². The van der Waals surface area contributed by atoms with Gasteiger partial charge in [0, 0.05) is 18.7 Å². The second kappa shape index (κ2) is 8.11. The van der Waals surface area contributed by atoms with E-state index in [1.54, 1.807) is 4.90 Å². The van der Waals surface area contributed by atoms with Crippen LogP contribution in [0.25, 0.3) is 0 Å². The Morgan fingerprint density at radius 1 is 1.00 bits per heavy atom. The van der Waals surface area contributed by atoms with E-state index in [1.807, 2.05) is 0 Å². The highest BCUT2D eigenvalue weighted by molar-refractivity contribution is 5.76. The lowest BCUT2D eigenvalue weighted by molar-refractivity contribution is 0.112. The zero-order valence-corrected chi connectivity index (χ0v) is 13.3. The molecule has 0 radical (unpaired) electrons. The molecule has 0 aliphatic rings. The molecule has 0 amide bonds. The summed E-state index contributed by atoms with van der Waals surface area (Å²) in [7, 11) is 0. The SMILES string of the molecule is CC(C)CCN(CCC(C)C)c1c(F)cc(C=O)cc1F. The van der Waals surface area contributed by atoms with Gasteiger partial charge in [-0.05, 0) is 36.8 Å². The molecule has 0 saturated carbocycles. The Balaban J connectivity index is 3.03. The third-order valence-electron chi connectivity index (χ3n) is 3.44. The maximum absolute atomic E-state index is 14.2. The van der Waals surface area contributed by atoms with E-state index < -0.39 is 11.6 Å². The van der Waals surface area contributed by atoms with Gasteiger partial charge in [0.15, 0.2) is 0 Å². The second-order valence-corrected chi connectivity index (χ2v) is 6.30. The van der Waals surface area contributed by atoms with Gasteiger partial charge in [0.25, 0.3) is 0 Å². The van der Waals surface area contributed by atoms with Gasteiger partial charge in [0.1, 0.15) is 23.6 Å². The summed E-state index contributed by atoms with van der Waals surface area (Å²) in [5.41, 5.74) is 0.0170. The zero-order valence-electron chi connectivity index (χ0n) is 13.3. The van der Waals surface area contributed by atoms with Crippen molar-refractivity contribution in [3.05, 3.63) is 29.3 Å². The highest BCUT2D eigenvalue weighted by atomic mass is 19.1. The predicted molar refractivity (Wildman–Crippen MR) is 82.9 cm³/mol. The maximum atomic E-state index is 14.2. The minimum absolute atomic E-state index is 0.0121. The highest BCUT2D eigenvalue weighted by Crippen LogP contribution is 2.26. The molecule has 1 aromatic carbocycles. The van der Waals surface area contributed by atoms with E-state index in [9.17, 15) is 13.6 Å². The summed E-state index contributed by atoms with van der Waals surface area (Å²) in [5, 5.41) is 0. The number of benzene rings is 1. The molecular formula is C17H25F2NO. The lowest BCUT2D eigenvalue weighted by atomic mass is 10.1. The number of aldehydes is 1. The van der Waals surface area contributed by atoms with Crippen LogP contribution in [0.2, 0.25) is 0 Å². The zero-order chi connectivity index (χ0) is 16.0. The van der Waals surface area contributed by atoms with Crippen molar-refractivity contribution in [2.24, 2.45) is 11.8 Å². The van der Waals surface area contributed by atoms with E-state index in [-0.39, 0.29) is 11.3 Å². The van der Waals surface area contributed by atoms with Crippen LogP contribution in [0.4, 0.5) is 14.5 Å². The van der Waals surface area contributed by atoms with E-state index in [2.05, 4.69) is 27.7 Å².